The van der Waals surface area contributed by atoms with Crippen LogP contribution >= 0.6 is 0 Å². The predicted molar refractivity (Wildman–Crippen MR) is 104 cm³/mol. The van der Waals surface area contributed by atoms with Gasteiger partial charge in [-0.05, 0) is 36.2 Å². The standard InChI is InChI=1S/C21H23N3O4/c1-26-18-10-15(11-19(27-2)20(18)25)21-23-7-8-24(21)17-13-28-12-16(17)9-14-3-5-22-6-4-14/h3-8,10-11,16-17,25H,9,12-13H2,1-2H3/t16-,17+/m0/s1. The van der Waals surface area contributed by atoms with Crippen molar-refractivity contribution in [2.24, 2.45) is 5.92 Å². The number of hydrogen-bond acceptors (Lipinski definition) is 6. The van der Waals surface area contributed by atoms with E-state index in [1.54, 1.807) is 18.3 Å². The molecule has 146 valence electrons. The van der Waals surface area contributed by atoms with Crippen LogP contribution < -0.4 is 9.47 Å². The fraction of sp³-hybridized carbons (Fsp3) is 0.333. The molecule has 1 aliphatic heterocycles. The molecular weight excluding hydrogens is 358 g/mol. The zero-order valence-electron chi connectivity index (χ0n) is 15.9. The van der Waals surface area contributed by atoms with Gasteiger partial charge in [-0.2, -0.15) is 0 Å². The molecule has 2 atom stereocenters. The molecule has 1 aromatic carbocycles. The summed E-state index contributed by atoms with van der Waals surface area (Å²) in [6.45, 7) is 1.33. The molecule has 0 saturated carbocycles. The first-order chi connectivity index (χ1) is 13.7. The van der Waals surface area contributed by atoms with E-state index in [-0.39, 0.29) is 11.8 Å². The summed E-state index contributed by atoms with van der Waals surface area (Å²) in [6.07, 6.45) is 8.30. The van der Waals surface area contributed by atoms with Crippen molar-refractivity contribution in [2.75, 3.05) is 27.4 Å². The summed E-state index contributed by atoms with van der Waals surface area (Å²) < 4.78 is 18.5. The first kappa shape index (κ1) is 18.3. The summed E-state index contributed by atoms with van der Waals surface area (Å²) in [5.74, 6) is 1.79. The molecule has 0 radical (unpaired) electrons. The number of ether oxygens (including phenoxy) is 3. The van der Waals surface area contributed by atoms with Gasteiger partial charge < -0.3 is 23.9 Å². The lowest BCUT2D eigenvalue weighted by atomic mass is 9.95. The predicted octanol–water partition coefficient (Wildman–Crippen LogP) is 3.10. The summed E-state index contributed by atoms with van der Waals surface area (Å²) in [7, 11) is 3.03. The Balaban J connectivity index is 1.67. The molecule has 2 aromatic heterocycles. The molecule has 1 N–H and O–H groups in total. The summed E-state index contributed by atoms with van der Waals surface area (Å²) in [4.78, 5) is 8.65. The Hall–Kier alpha value is -3.06. The van der Waals surface area contributed by atoms with Gasteiger partial charge in [-0.3, -0.25) is 4.98 Å². The Morgan fingerprint density at radius 3 is 2.50 bits per heavy atom. The molecule has 1 aliphatic rings. The minimum atomic E-state index is -0.0216. The van der Waals surface area contributed by atoms with Gasteiger partial charge in [0.05, 0.1) is 33.5 Å². The summed E-state index contributed by atoms with van der Waals surface area (Å²) >= 11 is 0. The maximum absolute atomic E-state index is 10.2. The third kappa shape index (κ3) is 3.41. The zero-order valence-corrected chi connectivity index (χ0v) is 15.9. The lowest BCUT2D eigenvalue weighted by Crippen LogP contribution is -2.20. The van der Waals surface area contributed by atoms with E-state index in [4.69, 9.17) is 14.2 Å². The van der Waals surface area contributed by atoms with E-state index in [2.05, 4.69) is 14.5 Å². The minimum absolute atomic E-state index is 0.0216. The summed E-state index contributed by atoms with van der Waals surface area (Å²) in [6, 6.07) is 7.78. The number of aromatic nitrogens is 3. The van der Waals surface area contributed by atoms with Crippen molar-refractivity contribution in [3.63, 3.8) is 0 Å². The second kappa shape index (κ2) is 7.90. The normalized spacial score (nSPS) is 18.9. The zero-order chi connectivity index (χ0) is 19.5. The number of pyridine rings is 1. The second-order valence-electron chi connectivity index (χ2n) is 6.81. The van der Waals surface area contributed by atoms with Crippen LogP contribution in [0, 0.1) is 5.92 Å². The fourth-order valence-corrected chi connectivity index (χ4v) is 3.74. The first-order valence-corrected chi connectivity index (χ1v) is 9.16. The topological polar surface area (TPSA) is 78.6 Å². The molecule has 4 rings (SSSR count). The van der Waals surface area contributed by atoms with Crippen molar-refractivity contribution in [3.8, 4) is 28.6 Å². The molecule has 0 spiro atoms. The highest BCUT2D eigenvalue weighted by Crippen LogP contribution is 2.41. The van der Waals surface area contributed by atoms with Crippen LogP contribution in [0.2, 0.25) is 0 Å². The molecule has 7 heteroatoms. The molecule has 0 aliphatic carbocycles. The molecule has 3 heterocycles. The van der Waals surface area contributed by atoms with E-state index >= 15 is 0 Å². The minimum Gasteiger partial charge on any atom is -0.502 e. The van der Waals surface area contributed by atoms with Gasteiger partial charge in [0.2, 0.25) is 5.75 Å². The molecule has 7 nitrogen and oxygen atoms in total. The van der Waals surface area contributed by atoms with Crippen LogP contribution in [0.5, 0.6) is 17.2 Å². The summed E-state index contributed by atoms with van der Waals surface area (Å²) in [5.41, 5.74) is 2.05. The van der Waals surface area contributed by atoms with E-state index in [0.29, 0.717) is 30.6 Å². The number of hydrogen-bond donors (Lipinski definition) is 1. The number of phenolic OH excluding ortho intramolecular Hbond substituents is 1. The van der Waals surface area contributed by atoms with Gasteiger partial charge >= 0.3 is 0 Å². The van der Waals surface area contributed by atoms with E-state index in [1.807, 2.05) is 30.7 Å². The van der Waals surface area contributed by atoms with Crippen molar-refractivity contribution >= 4 is 0 Å². The monoisotopic (exact) mass is 381 g/mol. The fourth-order valence-electron chi connectivity index (χ4n) is 3.74. The van der Waals surface area contributed by atoms with E-state index in [0.717, 1.165) is 17.8 Å². The molecule has 1 fully saturated rings. The molecule has 0 unspecified atom stereocenters. The van der Waals surface area contributed by atoms with Crippen LogP contribution in [0.3, 0.4) is 0 Å². The number of aromatic hydroxyl groups is 1. The molecule has 0 amide bonds. The first-order valence-electron chi connectivity index (χ1n) is 9.16. The van der Waals surface area contributed by atoms with Gasteiger partial charge in [-0.15, -0.1) is 0 Å². The Labute approximate surface area is 163 Å². The number of benzene rings is 1. The van der Waals surface area contributed by atoms with Crippen molar-refractivity contribution < 1.29 is 19.3 Å². The van der Waals surface area contributed by atoms with Gasteiger partial charge in [0.25, 0.3) is 0 Å². The molecule has 0 bridgehead atoms. The average Bonchev–Trinajstić information content (AvgIpc) is 3.38. The van der Waals surface area contributed by atoms with Crippen molar-refractivity contribution in [1.29, 1.82) is 0 Å². The maximum Gasteiger partial charge on any atom is 0.200 e. The van der Waals surface area contributed by atoms with E-state index < -0.39 is 0 Å². The maximum atomic E-state index is 10.2. The summed E-state index contributed by atoms with van der Waals surface area (Å²) in [5, 5.41) is 10.2. The highest BCUT2D eigenvalue weighted by Gasteiger charge is 2.31. The Morgan fingerprint density at radius 2 is 1.82 bits per heavy atom. The molecule has 3 aromatic rings. The van der Waals surface area contributed by atoms with E-state index in [1.165, 1.54) is 19.8 Å². The molecule has 28 heavy (non-hydrogen) atoms. The Kier molecular flexibility index (Phi) is 5.16. The SMILES string of the molecule is COc1cc(-c2nccn2[C@@H]2COC[C@@H]2Cc2ccncc2)cc(OC)c1O. The number of nitrogens with zero attached hydrogens (tertiary/aromatic N) is 3. The van der Waals surface area contributed by atoms with Crippen LogP contribution in [0.25, 0.3) is 11.4 Å². The van der Waals surface area contributed by atoms with Crippen LogP contribution in [0.4, 0.5) is 0 Å². The number of imidazole rings is 1. The van der Waals surface area contributed by atoms with Crippen LogP contribution in [-0.4, -0.2) is 47.1 Å². The van der Waals surface area contributed by atoms with Gasteiger partial charge in [-0.1, -0.05) is 0 Å². The van der Waals surface area contributed by atoms with Crippen LogP contribution in [0.1, 0.15) is 11.6 Å². The Morgan fingerprint density at radius 1 is 1.11 bits per heavy atom. The lowest BCUT2D eigenvalue weighted by Gasteiger charge is -2.22. The van der Waals surface area contributed by atoms with Crippen molar-refractivity contribution in [1.82, 2.24) is 14.5 Å². The van der Waals surface area contributed by atoms with Gasteiger partial charge in [0.1, 0.15) is 5.82 Å². The highest BCUT2D eigenvalue weighted by atomic mass is 16.5. The lowest BCUT2D eigenvalue weighted by molar-refractivity contribution is 0.181. The Bertz CT molecular complexity index is 917. The number of rotatable bonds is 6. The van der Waals surface area contributed by atoms with Crippen LogP contribution in [-0.2, 0) is 11.2 Å². The van der Waals surface area contributed by atoms with Gasteiger partial charge in [-0.25, -0.2) is 4.98 Å². The molecule has 1 saturated heterocycles. The third-order valence-electron chi connectivity index (χ3n) is 5.18. The van der Waals surface area contributed by atoms with Crippen LogP contribution in [0.15, 0.2) is 49.1 Å². The highest BCUT2D eigenvalue weighted by molar-refractivity contribution is 5.66. The quantitative estimate of drug-likeness (QED) is 0.707. The van der Waals surface area contributed by atoms with Gasteiger partial charge in [0, 0.05) is 36.3 Å². The average molecular weight is 381 g/mol. The van der Waals surface area contributed by atoms with Crippen molar-refractivity contribution in [2.45, 2.75) is 12.5 Å². The second-order valence-corrected chi connectivity index (χ2v) is 6.81. The number of methoxy groups -OCH3 is 2. The molecular formula is C21H23N3O4. The van der Waals surface area contributed by atoms with Gasteiger partial charge in [0.15, 0.2) is 11.5 Å². The number of phenols is 1. The largest absolute Gasteiger partial charge is 0.502 e. The third-order valence-corrected chi connectivity index (χ3v) is 5.18. The smallest absolute Gasteiger partial charge is 0.200 e. The van der Waals surface area contributed by atoms with Crippen molar-refractivity contribution in [3.05, 3.63) is 54.6 Å². The van der Waals surface area contributed by atoms with E-state index in [9.17, 15) is 5.11 Å².